The molecule has 0 atom stereocenters. The maximum atomic E-state index is 12.1. The van der Waals surface area contributed by atoms with Gasteiger partial charge in [0.2, 0.25) is 5.88 Å². The summed E-state index contributed by atoms with van der Waals surface area (Å²) in [5.74, 6) is -0.462. The van der Waals surface area contributed by atoms with E-state index in [4.69, 9.17) is 22.1 Å². The number of hydrogen-bond acceptors (Lipinski definition) is 6. The third-order valence-electron chi connectivity index (χ3n) is 4.38. The van der Waals surface area contributed by atoms with E-state index in [1.165, 1.54) is 11.3 Å². The number of hydrogen-bond donors (Lipinski definition) is 2. The van der Waals surface area contributed by atoms with Crippen molar-refractivity contribution in [1.29, 1.82) is 0 Å². The molecule has 2 N–H and O–H groups in total. The first-order valence-corrected chi connectivity index (χ1v) is 10.6. The van der Waals surface area contributed by atoms with E-state index in [1.807, 2.05) is 32.9 Å². The van der Waals surface area contributed by atoms with Crippen molar-refractivity contribution in [2.75, 3.05) is 13.1 Å². The lowest BCUT2D eigenvalue weighted by atomic mass is 9.96. The van der Waals surface area contributed by atoms with Crippen LogP contribution in [-0.2, 0) is 16.1 Å². The van der Waals surface area contributed by atoms with Crippen LogP contribution in [0.2, 0.25) is 0 Å². The number of amides is 1. The quantitative estimate of drug-likeness (QED) is 0.648. The Labute approximate surface area is 174 Å². The van der Waals surface area contributed by atoms with Gasteiger partial charge in [0.05, 0.1) is 4.88 Å². The van der Waals surface area contributed by atoms with Gasteiger partial charge in [-0.2, -0.15) is 0 Å². The molecule has 0 unspecified atom stereocenters. The Kier molecular flexibility index (Phi) is 7.65. The Morgan fingerprint density at radius 3 is 2.54 bits per heavy atom. The number of carbonyl (C=O) groups excluding carboxylic acids is 1. The molecular weight excluding hydrogens is 400 g/mol. The molecule has 0 radical (unpaired) electrons. The van der Waals surface area contributed by atoms with E-state index >= 15 is 0 Å². The van der Waals surface area contributed by atoms with Gasteiger partial charge < -0.3 is 19.8 Å². The minimum Gasteiger partial charge on any atom is -0.493 e. The summed E-state index contributed by atoms with van der Waals surface area (Å²) in [6.45, 7) is 7.24. The van der Waals surface area contributed by atoms with Crippen LogP contribution < -0.4 is 0 Å². The SMILES string of the molecule is CC(C)(C)OC(=O)N1CCC(C=Cc2sc(=S)n(CCCC(=O)O)c2O)CC1. The maximum absolute atomic E-state index is 12.1. The van der Waals surface area contributed by atoms with E-state index in [0.717, 1.165) is 12.8 Å². The number of thiazole rings is 1. The van der Waals surface area contributed by atoms with Crippen LogP contribution in [0.3, 0.4) is 0 Å². The van der Waals surface area contributed by atoms with Crippen LogP contribution in [0.5, 0.6) is 5.88 Å². The minimum absolute atomic E-state index is 0.0401. The predicted octanol–water partition coefficient (Wildman–Crippen LogP) is 4.51. The molecule has 1 amide bonds. The molecule has 156 valence electrons. The standard InChI is InChI=1S/C19H28N2O5S2/c1-19(2,3)26-17(25)20-11-8-13(9-12-20)6-7-14-16(24)21(18(27)28-14)10-4-5-15(22)23/h6-7,13,24H,4-5,8-12H2,1-3H3,(H,22,23). The van der Waals surface area contributed by atoms with Crippen LogP contribution in [0.25, 0.3) is 6.08 Å². The number of carbonyl (C=O) groups is 2. The first-order chi connectivity index (χ1) is 13.1. The van der Waals surface area contributed by atoms with Gasteiger partial charge in [-0.3, -0.25) is 9.36 Å². The highest BCUT2D eigenvalue weighted by atomic mass is 32.1. The van der Waals surface area contributed by atoms with Crippen molar-refractivity contribution >= 4 is 41.7 Å². The number of aliphatic carboxylic acids is 1. The number of allylic oxidation sites excluding steroid dienone is 1. The molecule has 9 heteroatoms. The Balaban J connectivity index is 1.90. The molecule has 2 heterocycles. The van der Waals surface area contributed by atoms with Crippen molar-refractivity contribution in [3.63, 3.8) is 0 Å². The molecule has 28 heavy (non-hydrogen) atoms. The summed E-state index contributed by atoms with van der Waals surface area (Å²) in [6.07, 6.45) is 5.77. The van der Waals surface area contributed by atoms with Gasteiger partial charge in [-0.25, -0.2) is 4.79 Å². The van der Waals surface area contributed by atoms with Crippen LogP contribution in [0.4, 0.5) is 4.79 Å². The van der Waals surface area contributed by atoms with Crippen molar-refractivity contribution in [1.82, 2.24) is 9.47 Å². The van der Waals surface area contributed by atoms with Crippen LogP contribution in [-0.4, -0.2) is 50.4 Å². The molecule has 7 nitrogen and oxygen atoms in total. The van der Waals surface area contributed by atoms with Gasteiger partial charge in [-0.15, -0.1) is 11.3 Å². The first kappa shape index (κ1) is 22.4. The molecule has 1 saturated heterocycles. The molecular formula is C19H28N2O5S2. The smallest absolute Gasteiger partial charge is 0.410 e. The summed E-state index contributed by atoms with van der Waals surface area (Å²) in [6, 6.07) is 0. The number of aromatic hydroxyl groups is 1. The van der Waals surface area contributed by atoms with Crippen molar-refractivity contribution < 1.29 is 24.5 Å². The normalized spacial score (nSPS) is 15.9. The highest BCUT2D eigenvalue weighted by Gasteiger charge is 2.26. The molecule has 1 aromatic heterocycles. The van der Waals surface area contributed by atoms with Gasteiger partial charge in [0.1, 0.15) is 5.60 Å². The Bertz CT molecular complexity index is 783. The number of aromatic nitrogens is 1. The van der Waals surface area contributed by atoms with Crippen LogP contribution >= 0.6 is 23.6 Å². The fourth-order valence-electron chi connectivity index (χ4n) is 2.93. The number of carboxylic acids is 1. The van der Waals surface area contributed by atoms with Gasteiger partial charge in [-0.05, 0) is 64.2 Å². The molecule has 0 aliphatic carbocycles. The second-order valence-corrected chi connectivity index (χ2v) is 9.54. The van der Waals surface area contributed by atoms with Gasteiger partial charge in [0, 0.05) is 26.1 Å². The van der Waals surface area contributed by atoms with Crippen LogP contribution in [0.15, 0.2) is 6.08 Å². The van der Waals surface area contributed by atoms with E-state index in [0.29, 0.717) is 40.8 Å². The van der Waals surface area contributed by atoms with Crippen molar-refractivity contribution in [2.24, 2.45) is 5.92 Å². The fourth-order valence-corrected chi connectivity index (χ4v) is 4.20. The average Bonchev–Trinajstić information content (AvgIpc) is 2.86. The Hall–Kier alpha value is -1.87. The minimum atomic E-state index is -0.862. The highest BCUT2D eigenvalue weighted by molar-refractivity contribution is 7.73. The van der Waals surface area contributed by atoms with E-state index in [-0.39, 0.29) is 18.4 Å². The van der Waals surface area contributed by atoms with Gasteiger partial charge in [-0.1, -0.05) is 6.08 Å². The number of rotatable bonds is 6. The summed E-state index contributed by atoms with van der Waals surface area (Å²) in [7, 11) is 0. The van der Waals surface area contributed by atoms with E-state index < -0.39 is 11.6 Å². The zero-order chi connectivity index (χ0) is 20.9. The highest BCUT2D eigenvalue weighted by Crippen LogP contribution is 2.29. The number of nitrogens with zero attached hydrogens (tertiary/aromatic N) is 2. The maximum Gasteiger partial charge on any atom is 0.410 e. The molecule has 2 rings (SSSR count). The van der Waals surface area contributed by atoms with Crippen molar-refractivity contribution in [2.45, 2.75) is 58.6 Å². The summed E-state index contributed by atoms with van der Waals surface area (Å²) < 4.78 is 7.51. The molecule has 0 aromatic carbocycles. The third-order valence-corrected chi connectivity index (χ3v) is 5.78. The number of ether oxygens (including phenoxy) is 1. The molecule has 1 fully saturated rings. The van der Waals surface area contributed by atoms with Gasteiger partial charge in [0.15, 0.2) is 3.95 Å². The summed E-state index contributed by atoms with van der Waals surface area (Å²) >= 11 is 6.59. The lowest BCUT2D eigenvalue weighted by molar-refractivity contribution is -0.137. The lowest BCUT2D eigenvalue weighted by Crippen LogP contribution is -2.41. The Morgan fingerprint density at radius 2 is 1.96 bits per heavy atom. The topological polar surface area (TPSA) is 92.0 Å². The summed E-state index contributed by atoms with van der Waals surface area (Å²) in [4.78, 5) is 25.2. The summed E-state index contributed by atoms with van der Waals surface area (Å²) in [5.41, 5.74) is -0.494. The van der Waals surface area contributed by atoms with Gasteiger partial charge >= 0.3 is 12.1 Å². The van der Waals surface area contributed by atoms with Gasteiger partial charge in [0.25, 0.3) is 0 Å². The second-order valence-electron chi connectivity index (χ2n) is 7.87. The van der Waals surface area contributed by atoms with E-state index in [2.05, 4.69) is 0 Å². The fraction of sp³-hybridized carbons (Fsp3) is 0.632. The zero-order valence-corrected chi connectivity index (χ0v) is 18.1. The first-order valence-electron chi connectivity index (χ1n) is 9.37. The predicted molar refractivity (Wildman–Crippen MR) is 111 cm³/mol. The van der Waals surface area contributed by atoms with E-state index in [1.54, 1.807) is 9.47 Å². The zero-order valence-electron chi connectivity index (χ0n) is 16.5. The molecule has 1 aliphatic rings. The largest absolute Gasteiger partial charge is 0.493 e. The number of likely N-dealkylation sites (tertiary alicyclic amines) is 1. The average molecular weight is 429 g/mol. The monoisotopic (exact) mass is 428 g/mol. The van der Waals surface area contributed by atoms with Crippen molar-refractivity contribution in [3.8, 4) is 5.88 Å². The molecule has 0 bridgehead atoms. The number of piperidine rings is 1. The lowest BCUT2D eigenvalue weighted by Gasteiger charge is -2.32. The second kappa shape index (κ2) is 9.56. The Morgan fingerprint density at radius 1 is 1.32 bits per heavy atom. The third kappa shape index (κ3) is 6.63. The van der Waals surface area contributed by atoms with Crippen LogP contribution in [0.1, 0.15) is 51.3 Å². The van der Waals surface area contributed by atoms with E-state index in [9.17, 15) is 14.7 Å². The molecule has 1 aromatic rings. The summed E-state index contributed by atoms with van der Waals surface area (Å²) in [5, 5.41) is 19.1. The van der Waals surface area contributed by atoms with Crippen LogP contribution in [0, 0.1) is 9.87 Å². The molecule has 0 spiro atoms. The molecule has 0 saturated carbocycles. The number of carboxylic acid groups (broad SMARTS) is 1. The van der Waals surface area contributed by atoms with Crippen molar-refractivity contribution in [3.05, 3.63) is 14.9 Å². The molecule has 1 aliphatic heterocycles.